The molecule has 0 heterocycles. The van der Waals surface area contributed by atoms with E-state index in [-0.39, 0.29) is 17.6 Å². The fourth-order valence-corrected chi connectivity index (χ4v) is 2.37. The van der Waals surface area contributed by atoms with Crippen molar-refractivity contribution in [1.29, 1.82) is 0 Å². The van der Waals surface area contributed by atoms with Crippen LogP contribution in [0.2, 0.25) is 0 Å². The monoisotopic (exact) mass is 281 g/mol. The Balaban J connectivity index is 1.89. The average Bonchev–Trinajstić information content (AvgIpc) is 2.81. The second kappa shape index (κ2) is 6.61. The number of carbonyl (C=O) groups excluding carboxylic acids is 1. The van der Waals surface area contributed by atoms with Crippen LogP contribution < -0.4 is 5.32 Å². The summed E-state index contributed by atoms with van der Waals surface area (Å²) in [7, 11) is 0. The summed E-state index contributed by atoms with van der Waals surface area (Å²) in [5.74, 6) is -1.77. The number of halogens is 2. The van der Waals surface area contributed by atoms with Crippen molar-refractivity contribution >= 4 is 12.0 Å². The molecule has 0 aromatic heterocycles. The molecule has 5 heteroatoms. The van der Waals surface area contributed by atoms with Crippen LogP contribution in [-0.4, -0.2) is 23.7 Å². The highest BCUT2D eigenvalue weighted by Crippen LogP contribution is 2.24. The van der Waals surface area contributed by atoms with Gasteiger partial charge >= 0.3 is 0 Å². The molecule has 0 bridgehead atoms. The lowest BCUT2D eigenvalue weighted by atomic mass is 10.1. The van der Waals surface area contributed by atoms with E-state index in [0.29, 0.717) is 6.54 Å². The molecule has 1 aliphatic carbocycles. The Hall–Kier alpha value is -1.75. The summed E-state index contributed by atoms with van der Waals surface area (Å²) in [5, 5.41) is 12.2. The van der Waals surface area contributed by atoms with E-state index in [1.54, 1.807) is 0 Å². The van der Waals surface area contributed by atoms with Gasteiger partial charge in [0.2, 0.25) is 5.91 Å². The lowest BCUT2D eigenvalue weighted by Gasteiger charge is -2.14. The molecular weight excluding hydrogens is 264 g/mol. The van der Waals surface area contributed by atoms with Gasteiger partial charge in [-0.25, -0.2) is 8.78 Å². The minimum Gasteiger partial charge on any atom is -0.393 e. The summed E-state index contributed by atoms with van der Waals surface area (Å²) in [6, 6.07) is 3.54. The van der Waals surface area contributed by atoms with Gasteiger partial charge in [-0.2, -0.15) is 0 Å². The molecule has 1 amide bonds. The number of aliphatic hydroxyl groups excluding tert-OH is 1. The maximum Gasteiger partial charge on any atom is 0.244 e. The van der Waals surface area contributed by atoms with Crippen molar-refractivity contribution in [2.45, 2.75) is 25.4 Å². The molecule has 1 aliphatic rings. The molecule has 20 heavy (non-hydrogen) atoms. The molecule has 0 aliphatic heterocycles. The first-order chi connectivity index (χ1) is 9.58. The van der Waals surface area contributed by atoms with Gasteiger partial charge in [0.05, 0.1) is 6.10 Å². The van der Waals surface area contributed by atoms with Crippen molar-refractivity contribution in [2.75, 3.05) is 6.54 Å². The molecule has 1 aromatic carbocycles. The van der Waals surface area contributed by atoms with Crippen LogP contribution in [0, 0.1) is 17.6 Å². The van der Waals surface area contributed by atoms with Crippen molar-refractivity contribution in [3.63, 3.8) is 0 Å². The third-order valence-corrected chi connectivity index (χ3v) is 3.56. The quantitative estimate of drug-likeness (QED) is 0.832. The molecule has 1 aromatic rings. The lowest BCUT2D eigenvalue weighted by molar-refractivity contribution is -0.116. The van der Waals surface area contributed by atoms with E-state index < -0.39 is 17.5 Å². The molecule has 1 saturated carbocycles. The van der Waals surface area contributed by atoms with Crippen molar-refractivity contribution < 1.29 is 18.7 Å². The first-order valence-electron chi connectivity index (χ1n) is 6.66. The number of carbonyl (C=O) groups is 1. The minimum atomic E-state index is -0.708. The largest absolute Gasteiger partial charge is 0.393 e. The zero-order valence-corrected chi connectivity index (χ0v) is 11.0. The van der Waals surface area contributed by atoms with Crippen molar-refractivity contribution in [3.8, 4) is 0 Å². The predicted molar refractivity (Wildman–Crippen MR) is 71.7 cm³/mol. The van der Waals surface area contributed by atoms with E-state index in [9.17, 15) is 18.7 Å². The van der Waals surface area contributed by atoms with Crippen molar-refractivity contribution in [2.24, 2.45) is 5.92 Å². The van der Waals surface area contributed by atoms with Gasteiger partial charge < -0.3 is 10.4 Å². The number of amides is 1. The molecule has 1 fully saturated rings. The molecule has 0 spiro atoms. The third kappa shape index (κ3) is 3.63. The topological polar surface area (TPSA) is 49.3 Å². The molecule has 2 unspecified atom stereocenters. The molecule has 108 valence electrons. The van der Waals surface area contributed by atoms with Crippen molar-refractivity contribution in [3.05, 3.63) is 41.5 Å². The summed E-state index contributed by atoms with van der Waals surface area (Å²) in [6.07, 6.45) is 4.44. The van der Waals surface area contributed by atoms with E-state index in [2.05, 4.69) is 5.32 Å². The van der Waals surface area contributed by atoms with E-state index in [1.165, 1.54) is 6.07 Å². The first kappa shape index (κ1) is 14.7. The summed E-state index contributed by atoms with van der Waals surface area (Å²) in [4.78, 5) is 11.6. The average molecular weight is 281 g/mol. The summed E-state index contributed by atoms with van der Waals surface area (Å²) >= 11 is 0. The molecule has 2 atom stereocenters. The molecule has 3 nitrogen and oxygen atoms in total. The number of benzene rings is 1. The van der Waals surface area contributed by atoms with Crippen LogP contribution in [0.5, 0.6) is 0 Å². The second-order valence-electron chi connectivity index (χ2n) is 4.97. The van der Waals surface area contributed by atoms with Gasteiger partial charge in [0, 0.05) is 24.1 Å². The molecule has 2 N–H and O–H groups in total. The van der Waals surface area contributed by atoms with Gasteiger partial charge in [-0.3, -0.25) is 4.79 Å². The van der Waals surface area contributed by atoms with E-state index in [4.69, 9.17) is 0 Å². The Kier molecular flexibility index (Phi) is 4.84. The highest BCUT2D eigenvalue weighted by molar-refractivity contribution is 5.91. The lowest BCUT2D eigenvalue weighted by Crippen LogP contribution is -2.31. The van der Waals surface area contributed by atoms with Gasteiger partial charge in [-0.1, -0.05) is 12.5 Å². The Labute approximate surface area is 116 Å². The summed E-state index contributed by atoms with van der Waals surface area (Å²) < 4.78 is 26.7. The van der Waals surface area contributed by atoms with Crippen LogP contribution in [0.1, 0.15) is 24.8 Å². The molecular formula is C15H17F2NO2. The van der Waals surface area contributed by atoms with Crippen LogP contribution in [0.25, 0.3) is 6.08 Å². The summed E-state index contributed by atoms with van der Waals surface area (Å²) in [5.41, 5.74) is -0.233. The van der Waals surface area contributed by atoms with Gasteiger partial charge in [-0.15, -0.1) is 0 Å². The smallest absolute Gasteiger partial charge is 0.244 e. The standard InChI is InChI=1S/C15H17F2NO2/c16-12-4-2-5-13(17)11(12)7-8-15(20)18-9-10-3-1-6-14(10)19/h2,4-5,7-8,10,14,19H,1,3,6,9H2,(H,18,20). The first-order valence-corrected chi connectivity index (χ1v) is 6.66. The number of rotatable bonds is 4. The highest BCUT2D eigenvalue weighted by atomic mass is 19.1. The highest BCUT2D eigenvalue weighted by Gasteiger charge is 2.24. The molecule has 0 saturated heterocycles. The SMILES string of the molecule is O=C(C=Cc1c(F)cccc1F)NCC1CCCC1O. The van der Waals surface area contributed by atoms with E-state index in [0.717, 1.165) is 43.5 Å². The Morgan fingerprint density at radius 1 is 1.35 bits per heavy atom. The van der Waals surface area contributed by atoms with Crippen LogP contribution in [-0.2, 0) is 4.79 Å². The van der Waals surface area contributed by atoms with Crippen molar-refractivity contribution in [1.82, 2.24) is 5.32 Å². The fraction of sp³-hybridized carbons (Fsp3) is 0.400. The summed E-state index contributed by atoms with van der Waals surface area (Å²) in [6.45, 7) is 0.379. The fourth-order valence-electron chi connectivity index (χ4n) is 2.37. The molecule has 0 radical (unpaired) electrons. The second-order valence-corrected chi connectivity index (χ2v) is 4.97. The van der Waals surface area contributed by atoms with Gasteiger partial charge in [-0.05, 0) is 31.1 Å². The van der Waals surface area contributed by atoms with Crippen LogP contribution in [0.4, 0.5) is 8.78 Å². The Bertz CT molecular complexity index is 496. The van der Waals surface area contributed by atoms with E-state index >= 15 is 0 Å². The zero-order valence-electron chi connectivity index (χ0n) is 11.0. The van der Waals surface area contributed by atoms with Crippen LogP contribution in [0.3, 0.4) is 0 Å². The van der Waals surface area contributed by atoms with Crippen LogP contribution >= 0.6 is 0 Å². The maximum atomic E-state index is 13.3. The Morgan fingerprint density at radius 3 is 2.65 bits per heavy atom. The van der Waals surface area contributed by atoms with Gasteiger partial charge in [0.25, 0.3) is 0 Å². The number of aliphatic hydroxyl groups is 1. The maximum absolute atomic E-state index is 13.3. The van der Waals surface area contributed by atoms with Gasteiger partial charge in [0.15, 0.2) is 0 Å². The predicted octanol–water partition coefficient (Wildman–Crippen LogP) is 2.26. The number of hydrogen-bond donors (Lipinski definition) is 2. The molecule has 2 rings (SSSR count). The van der Waals surface area contributed by atoms with Gasteiger partial charge in [0.1, 0.15) is 11.6 Å². The van der Waals surface area contributed by atoms with Crippen LogP contribution in [0.15, 0.2) is 24.3 Å². The number of nitrogens with one attached hydrogen (secondary N) is 1. The third-order valence-electron chi connectivity index (χ3n) is 3.56. The minimum absolute atomic E-state index is 0.0672. The normalized spacial score (nSPS) is 22.4. The Morgan fingerprint density at radius 2 is 2.05 bits per heavy atom. The van der Waals surface area contributed by atoms with E-state index in [1.807, 2.05) is 0 Å². The zero-order chi connectivity index (χ0) is 14.5. The number of hydrogen-bond acceptors (Lipinski definition) is 2.